The molecule has 1 radical (unpaired) electrons. The van der Waals surface area contributed by atoms with Crippen LogP contribution in [0.15, 0.2) is 6.07 Å². The average Bonchev–Trinajstić information content (AvgIpc) is 2.00. The SMILES string of the molecule is Cc1[c-]cc([N+](=O)[O-])c(C)c1C.[Y]. The Balaban J connectivity index is 0.00000144. The maximum Gasteiger partial charge on any atom is 0.166 e. The van der Waals surface area contributed by atoms with Crippen LogP contribution in [-0.4, -0.2) is 4.92 Å². The van der Waals surface area contributed by atoms with Crippen LogP contribution in [-0.2, 0) is 32.7 Å². The molecule has 67 valence electrons. The molecule has 0 heterocycles. The zero-order valence-corrected chi connectivity index (χ0v) is 10.8. The fraction of sp³-hybridized carbons (Fsp3) is 0.333. The van der Waals surface area contributed by atoms with Crippen LogP contribution in [0.2, 0.25) is 0 Å². The minimum Gasteiger partial charge on any atom is -0.270 e. The summed E-state index contributed by atoms with van der Waals surface area (Å²) in [5.74, 6) is 0. The third-order valence-electron chi connectivity index (χ3n) is 2.13. The van der Waals surface area contributed by atoms with E-state index in [-0.39, 0.29) is 43.3 Å². The van der Waals surface area contributed by atoms with Crippen molar-refractivity contribution in [2.75, 3.05) is 0 Å². The summed E-state index contributed by atoms with van der Waals surface area (Å²) >= 11 is 0. The first-order chi connectivity index (χ1) is 5.54. The molecule has 1 rings (SSSR count). The van der Waals surface area contributed by atoms with Gasteiger partial charge < -0.3 is 0 Å². The average molecular weight is 253 g/mol. The van der Waals surface area contributed by atoms with Gasteiger partial charge in [-0.2, -0.15) is 11.6 Å². The Hall–Kier alpha value is -0.276. The number of rotatable bonds is 1. The molecule has 0 aromatic heterocycles. The predicted molar refractivity (Wildman–Crippen MR) is 46.1 cm³/mol. The fourth-order valence-electron chi connectivity index (χ4n) is 1.06. The second-order valence-electron chi connectivity index (χ2n) is 2.81. The normalized spacial score (nSPS) is 9.15. The van der Waals surface area contributed by atoms with Crippen LogP contribution in [0.1, 0.15) is 16.7 Å². The van der Waals surface area contributed by atoms with Crippen molar-refractivity contribution in [3.8, 4) is 0 Å². The van der Waals surface area contributed by atoms with Crippen molar-refractivity contribution in [2.24, 2.45) is 0 Å². The maximum atomic E-state index is 10.5. The number of aryl methyl sites for hydroxylation is 1. The Morgan fingerprint density at radius 1 is 1.31 bits per heavy atom. The molecule has 0 saturated carbocycles. The standard InChI is InChI=1S/C9H10NO2.Y/c1-6-4-5-9(10(11)12)8(3)7(6)2;/h5H,1-3H3;/q-1;. The van der Waals surface area contributed by atoms with Gasteiger partial charge in [0.25, 0.3) is 0 Å². The molecule has 0 aliphatic heterocycles. The monoisotopic (exact) mass is 253 g/mol. The van der Waals surface area contributed by atoms with Crippen LogP contribution in [0.3, 0.4) is 0 Å². The van der Waals surface area contributed by atoms with Crippen molar-refractivity contribution in [1.82, 2.24) is 0 Å². The van der Waals surface area contributed by atoms with Gasteiger partial charge in [0, 0.05) is 37.6 Å². The van der Waals surface area contributed by atoms with Crippen molar-refractivity contribution >= 4 is 5.69 Å². The Kier molecular flexibility index (Phi) is 4.72. The molecule has 1 aromatic rings. The first-order valence-electron chi connectivity index (χ1n) is 3.67. The smallest absolute Gasteiger partial charge is 0.166 e. The third-order valence-corrected chi connectivity index (χ3v) is 2.13. The quantitative estimate of drug-likeness (QED) is 0.438. The van der Waals surface area contributed by atoms with E-state index >= 15 is 0 Å². The minimum atomic E-state index is -0.377. The largest absolute Gasteiger partial charge is 0.270 e. The summed E-state index contributed by atoms with van der Waals surface area (Å²) in [6, 6.07) is 4.28. The van der Waals surface area contributed by atoms with Gasteiger partial charge in [-0.05, 0) is 0 Å². The molecule has 0 saturated heterocycles. The van der Waals surface area contributed by atoms with E-state index in [9.17, 15) is 10.1 Å². The fourth-order valence-corrected chi connectivity index (χ4v) is 1.06. The van der Waals surface area contributed by atoms with Crippen LogP contribution in [0.25, 0.3) is 0 Å². The molecule has 3 nitrogen and oxygen atoms in total. The van der Waals surface area contributed by atoms with Gasteiger partial charge in [0.2, 0.25) is 0 Å². The van der Waals surface area contributed by atoms with E-state index in [4.69, 9.17) is 0 Å². The summed E-state index contributed by atoms with van der Waals surface area (Å²) in [4.78, 5) is 10.1. The van der Waals surface area contributed by atoms with Crippen molar-refractivity contribution in [3.05, 3.63) is 38.9 Å². The number of nitro benzene ring substituents is 1. The molecule has 0 amide bonds. The molecule has 0 fully saturated rings. The summed E-state index contributed by atoms with van der Waals surface area (Å²) in [5.41, 5.74) is 2.80. The summed E-state index contributed by atoms with van der Waals surface area (Å²) in [6.45, 7) is 5.52. The van der Waals surface area contributed by atoms with E-state index in [1.165, 1.54) is 6.07 Å². The summed E-state index contributed by atoms with van der Waals surface area (Å²) in [7, 11) is 0. The van der Waals surface area contributed by atoms with Crippen molar-refractivity contribution in [3.63, 3.8) is 0 Å². The molecule has 13 heavy (non-hydrogen) atoms. The van der Waals surface area contributed by atoms with Crippen LogP contribution in [0.5, 0.6) is 0 Å². The van der Waals surface area contributed by atoms with Crippen LogP contribution in [0.4, 0.5) is 5.69 Å². The van der Waals surface area contributed by atoms with Gasteiger partial charge in [-0.25, -0.2) is 0 Å². The molecule has 0 aliphatic rings. The zero-order valence-electron chi connectivity index (χ0n) is 7.92. The van der Waals surface area contributed by atoms with Crippen LogP contribution < -0.4 is 0 Å². The van der Waals surface area contributed by atoms with Gasteiger partial charge in [-0.3, -0.25) is 10.1 Å². The molecule has 0 atom stereocenters. The maximum absolute atomic E-state index is 10.5. The third kappa shape index (κ3) is 2.58. The Bertz CT molecular complexity index is 337. The molecule has 4 heteroatoms. The second kappa shape index (κ2) is 4.82. The van der Waals surface area contributed by atoms with Gasteiger partial charge >= 0.3 is 0 Å². The number of hydrogen-bond donors (Lipinski definition) is 0. The molecular weight excluding hydrogens is 243 g/mol. The molecule has 0 bridgehead atoms. The molecule has 0 aliphatic carbocycles. The van der Waals surface area contributed by atoms with Crippen molar-refractivity contribution in [1.29, 1.82) is 0 Å². The Morgan fingerprint density at radius 3 is 2.31 bits per heavy atom. The molecular formula is C9H10NO2Y-. The Morgan fingerprint density at radius 2 is 1.85 bits per heavy atom. The molecule has 0 unspecified atom stereocenters. The zero-order chi connectivity index (χ0) is 9.30. The molecule has 1 aromatic carbocycles. The van der Waals surface area contributed by atoms with E-state index in [0.717, 1.165) is 16.7 Å². The molecule has 0 N–H and O–H groups in total. The number of nitro groups is 1. The predicted octanol–water partition coefficient (Wildman–Crippen LogP) is 2.32. The first kappa shape index (κ1) is 12.7. The second-order valence-corrected chi connectivity index (χ2v) is 2.81. The number of hydrogen-bond acceptors (Lipinski definition) is 2. The summed E-state index contributed by atoms with van der Waals surface area (Å²) < 4.78 is 0. The van der Waals surface area contributed by atoms with E-state index in [1.54, 1.807) is 6.92 Å². The van der Waals surface area contributed by atoms with Gasteiger partial charge in [0.05, 0.1) is 0 Å². The number of benzene rings is 1. The van der Waals surface area contributed by atoms with Gasteiger partial charge in [-0.1, -0.05) is 32.4 Å². The van der Waals surface area contributed by atoms with E-state index < -0.39 is 0 Å². The first-order valence-corrected chi connectivity index (χ1v) is 3.67. The van der Waals surface area contributed by atoms with Crippen LogP contribution in [0, 0.1) is 37.0 Å². The van der Waals surface area contributed by atoms with Gasteiger partial charge in [0.1, 0.15) is 0 Å². The minimum absolute atomic E-state index is 0. The van der Waals surface area contributed by atoms with E-state index in [0.29, 0.717) is 0 Å². The van der Waals surface area contributed by atoms with Gasteiger partial charge in [-0.15, -0.1) is 5.56 Å². The van der Waals surface area contributed by atoms with Crippen LogP contribution >= 0.6 is 0 Å². The Labute approximate surface area is 103 Å². The topological polar surface area (TPSA) is 43.1 Å². The summed E-state index contributed by atoms with van der Waals surface area (Å²) in [5, 5.41) is 10.5. The van der Waals surface area contributed by atoms with Crippen molar-refractivity contribution < 1.29 is 37.6 Å². The number of nitrogens with zero attached hydrogens (tertiary/aromatic N) is 1. The molecule has 0 spiro atoms. The summed E-state index contributed by atoms with van der Waals surface area (Å²) in [6.07, 6.45) is 0. The van der Waals surface area contributed by atoms with E-state index in [2.05, 4.69) is 6.07 Å². The van der Waals surface area contributed by atoms with Crippen molar-refractivity contribution in [2.45, 2.75) is 20.8 Å². The van der Waals surface area contributed by atoms with E-state index in [1.807, 2.05) is 13.8 Å². The van der Waals surface area contributed by atoms with Gasteiger partial charge in [0.15, 0.2) is 5.69 Å².